The molecule has 0 amide bonds. The Kier molecular flexibility index (Phi) is 8.58. The molecule has 0 saturated carbocycles. The van der Waals surface area contributed by atoms with E-state index < -0.39 is 25.9 Å². The van der Waals surface area contributed by atoms with Gasteiger partial charge in [-0.2, -0.15) is 0 Å². The molecular weight excluding hydrogens is 667 g/mol. The Morgan fingerprint density at radius 1 is 0.769 bits per heavy atom. The molecule has 52 heavy (non-hydrogen) atoms. The molecule has 8 rings (SSSR count). The van der Waals surface area contributed by atoms with Gasteiger partial charge in [0.1, 0.15) is 47.2 Å². The highest BCUT2D eigenvalue weighted by molar-refractivity contribution is 6.74. The van der Waals surface area contributed by atoms with Crippen LogP contribution >= 0.6 is 0 Å². The van der Waals surface area contributed by atoms with Crippen molar-refractivity contribution in [2.24, 2.45) is 0 Å². The van der Waals surface area contributed by atoms with Gasteiger partial charge in [0.05, 0.1) is 12.9 Å². The third kappa shape index (κ3) is 5.83. The van der Waals surface area contributed by atoms with Gasteiger partial charge in [-0.3, -0.25) is 0 Å². The Morgan fingerprint density at radius 2 is 1.35 bits per heavy atom. The Balaban J connectivity index is 1.19. The number of fused-ring (bicyclic) bond motifs is 2. The van der Waals surface area contributed by atoms with Crippen LogP contribution in [0.3, 0.4) is 0 Å². The van der Waals surface area contributed by atoms with Crippen molar-refractivity contribution < 1.29 is 18.6 Å². The highest BCUT2D eigenvalue weighted by Gasteiger charge is 2.56. The third-order valence-corrected chi connectivity index (χ3v) is 15.6. The average molecular weight is 714 g/mol. The lowest BCUT2D eigenvalue weighted by Crippen LogP contribution is -2.44. The highest BCUT2D eigenvalue weighted by atomic mass is 28.4. The summed E-state index contributed by atoms with van der Waals surface area (Å²) < 4.78 is 30.6. The first kappa shape index (κ1) is 34.6. The van der Waals surface area contributed by atoms with Crippen molar-refractivity contribution in [2.75, 3.05) is 6.61 Å². The monoisotopic (exact) mass is 713 g/mol. The van der Waals surface area contributed by atoms with Crippen LogP contribution in [0, 0.1) is 0 Å². The van der Waals surface area contributed by atoms with Crippen LogP contribution < -0.4 is 0 Å². The molecule has 3 aromatic heterocycles. The van der Waals surface area contributed by atoms with Gasteiger partial charge in [-0.1, -0.05) is 112 Å². The van der Waals surface area contributed by atoms with Crippen molar-refractivity contribution in [3.05, 3.63) is 139 Å². The molecule has 6 aromatic rings. The molecular formula is C42H47N5O4Si. The first-order chi connectivity index (χ1) is 24.9. The number of aromatic nitrogens is 5. The quantitative estimate of drug-likeness (QED) is 0.110. The molecule has 268 valence electrons. The minimum Gasteiger partial charge on any atom is -0.414 e. The number of nitrogens with zero attached hydrogens (tertiary/aromatic N) is 5. The van der Waals surface area contributed by atoms with Gasteiger partial charge in [0.2, 0.25) is 0 Å². The van der Waals surface area contributed by atoms with Crippen LogP contribution in [0.4, 0.5) is 0 Å². The molecule has 0 N–H and O–H groups in total. The van der Waals surface area contributed by atoms with Crippen LogP contribution in [-0.2, 0) is 24.2 Å². The summed E-state index contributed by atoms with van der Waals surface area (Å²) in [5, 5.41) is 0.952. The van der Waals surface area contributed by atoms with E-state index in [4.69, 9.17) is 33.6 Å². The highest BCUT2D eigenvalue weighted by Crippen LogP contribution is 2.46. The van der Waals surface area contributed by atoms with E-state index >= 15 is 0 Å². The van der Waals surface area contributed by atoms with E-state index in [1.54, 1.807) is 6.33 Å². The second-order valence-electron chi connectivity index (χ2n) is 15.9. The van der Waals surface area contributed by atoms with E-state index in [-0.39, 0.29) is 23.4 Å². The van der Waals surface area contributed by atoms with Crippen LogP contribution in [-0.4, -0.2) is 63.1 Å². The van der Waals surface area contributed by atoms with E-state index in [9.17, 15) is 0 Å². The number of benzene rings is 3. The second-order valence-corrected chi connectivity index (χ2v) is 20.7. The molecule has 0 radical (unpaired) electrons. The lowest BCUT2D eigenvalue weighted by Gasteiger charge is -2.37. The molecule has 2 saturated heterocycles. The minimum atomic E-state index is -2.02. The average Bonchev–Trinajstić information content (AvgIpc) is 3.92. The van der Waals surface area contributed by atoms with E-state index in [1.165, 1.54) is 0 Å². The van der Waals surface area contributed by atoms with Crippen LogP contribution in [0.2, 0.25) is 18.1 Å². The molecule has 2 fully saturated rings. The maximum atomic E-state index is 6.75. The van der Waals surface area contributed by atoms with Crippen molar-refractivity contribution in [1.29, 1.82) is 0 Å². The molecule has 4 atom stereocenters. The van der Waals surface area contributed by atoms with Crippen LogP contribution in [0.15, 0.2) is 122 Å². The van der Waals surface area contributed by atoms with Crippen molar-refractivity contribution in [3.8, 4) is 11.4 Å². The zero-order valence-electron chi connectivity index (χ0n) is 30.9. The fourth-order valence-electron chi connectivity index (χ4n) is 7.52. The second kappa shape index (κ2) is 12.9. The molecule has 0 spiro atoms. The molecule has 0 aliphatic carbocycles. The van der Waals surface area contributed by atoms with E-state index in [0.29, 0.717) is 6.61 Å². The van der Waals surface area contributed by atoms with Gasteiger partial charge in [-0.15, -0.1) is 0 Å². The molecule has 0 unspecified atom stereocenters. The van der Waals surface area contributed by atoms with Crippen molar-refractivity contribution in [3.63, 3.8) is 0 Å². The summed E-state index contributed by atoms with van der Waals surface area (Å²) in [6, 6.07) is 33.8. The summed E-state index contributed by atoms with van der Waals surface area (Å²) in [5.41, 5.74) is 4.90. The Labute approximate surface area is 306 Å². The molecule has 10 heteroatoms. The summed E-state index contributed by atoms with van der Waals surface area (Å²) in [4.78, 5) is 14.6. The zero-order chi connectivity index (χ0) is 36.3. The van der Waals surface area contributed by atoms with Crippen LogP contribution in [0.1, 0.15) is 57.5 Å². The first-order valence-corrected chi connectivity index (χ1v) is 21.0. The molecule has 2 aliphatic heterocycles. The normalized spacial score (nSPS) is 21.8. The Morgan fingerprint density at radius 3 is 1.92 bits per heavy atom. The van der Waals surface area contributed by atoms with Gasteiger partial charge in [-0.25, -0.2) is 15.0 Å². The van der Waals surface area contributed by atoms with Crippen molar-refractivity contribution in [2.45, 2.75) is 88.6 Å². The maximum absolute atomic E-state index is 6.75. The van der Waals surface area contributed by atoms with E-state index in [0.717, 1.165) is 39.1 Å². The number of hydrogen-bond donors (Lipinski definition) is 0. The van der Waals surface area contributed by atoms with Gasteiger partial charge in [0, 0.05) is 17.8 Å². The van der Waals surface area contributed by atoms with Crippen LogP contribution in [0.5, 0.6) is 0 Å². The Hall–Kier alpha value is -4.45. The van der Waals surface area contributed by atoms with Gasteiger partial charge in [0.25, 0.3) is 0 Å². The van der Waals surface area contributed by atoms with Gasteiger partial charge < -0.3 is 27.8 Å². The molecule has 9 nitrogen and oxygen atoms in total. The molecule has 0 bridgehead atoms. The molecule has 5 heterocycles. The maximum Gasteiger partial charge on any atom is 0.192 e. The van der Waals surface area contributed by atoms with Gasteiger partial charge >= 0.3 is 0 Å². The number of hydrogen-bond acceptors (Lipinski definition) is 7. The van der Waals surface area contributed by atoms with E-state index in [2.05, 4.69) is 140 Å². The predicted octanol–water partition coefficient (Wildman–Crippen LogP) is 8.57. The van der Waals surface area contributed by atoms with Crippen molar-refractivity contribution >= 4 is 19.4 Å². The fourth-order valence-corrected chi connectivity index (χ4v) is 8.53. The minimum absolute atomic E-state index is 0.0800. The predicted molar refractivity (Wildman–Crippen MR) is 204 cm³/mol. The number of imidazole rings is 1. The summed E-state index contributed by atoms with van der Waals surface area (Å²) in [6.07, 6.45) is 6.26. The third-order valence-electron chi connectivity index (χ3n) is 11.1. The smallest absolute Gasteiger partial charge is 0.192 e. The number of ether oxygens (including phenoxy) is 3. The summed E-state index contributed by atoms with van der Waals surface area (Å²) in [5.74, 6) is -0.745. The number of rotatable bonds is 9. The molecule has 2 aliphatic rings. The van der Waals surface area contributed by atoms with Crippen LogP contribution in [0.25, 0.3) is 22.4 Å². The standard InChI is InChI=1S/C42H47N5O4Si/c1-40(2,3)52(6,7)48-26-34-36-37(51-41(4,5)50-36)39(49-34)47-24-23-32-35(43-27-44-38(32)47)33-25-46(28-45-33)42(29-17-11-8-12-18-29,30-19-13-9-14-20-30)31-21-15-10-16-22-31/h8-25,27-28,34,36-37,39H,26H2,1-7H3/t34-,36-,37-,39-/m1/s1. The Bertz CT molecular complexity index is 2060. The van der Waals surface area contributed by atoms with Gasteiger partial charge in [-0.05, 0) is 54.7 Å². The molecule has 3 aromatic carbocycles. The van der Waals surface area contributed by atoms with Crippen molar-refractivity contribution in [1.82, 2.24) is 24.1 Å². The fraction of sp³-hybridized carbons (Fsp3) is 0.357. The topological polar surface area (TPSA) is 85.5 Å². The van der Waals surface area contributed by atoms with E-state index in [1.807, 2.05) is 32.4 Å². The summed E-state index contributed by atoms with van der Waals surface area (Å²) in [7, 11) is -2.02. The first-order valence-electron chi connectivity index (χ1n) is 18.1. The zero-order valence-corrected chi connectivity index (χ0v) is 31.9. The SMILES string of the molecule is CC1(C)O[C@@H]2[C@H](O1)[C@@H](CO[Si](C)(C)C(C)(C)C)O[C@H]2n1ccc2c(-c3cn(C(c4ccccc4)(c4ccccc4)c4ccccc4)cn3)ncnc21. The summed E-state index contributed by atoms with van der Waals surface area (Å²) >= 11 is 0. The lowest BCUT2D eigenvalue weighted by molar-refractivity contribution is -0.199. The lowest BCUT2D eigenvalue weighted by atomic mass is 9.77. The largest absolute Gasteiger partial charge is 0.414 e. The summed E-state index contributed by atoms with van der Waals surface area (Å²) in [6.45, 7) is 15.6. The van der Waals surface area contributed by atoms with Gasteiger partial charge in [0.15, 0.2) is 20.3 Å².